The van der Waals surface area contributed by atoms with E-state index < -0.39 is 28.9 Å². The zero-order chi connectivity index (χ0) is 22.1. The summed E-state index contributed by atoms with van der Waals surface area (Å²) in [5.41, 5.74) is 5.71. The number of rotatable bonds is 7. The van der Waals surface area contributed by atoms with Gasteiger partial charge in [0.15, 0.2) is 5.13 Å². The van der Waals surface area contributed by atoms with Crippen LogP contribution in [-0.2, 0) is 12.7 Å². The molecule has 0 aliphatic carbocycles. The normalized spacial score (nSPS) is 12.6. The van der Waals surface area contributed by atoms with Gasteiger partial charge in [-0.25, -0.2) is 4.98 Å². The number of amides is 1. The molecule has 1 atom stereocenters. The molecule has 1 unspecified atom stereocenters. The van der Waals surface area contributed by atoms with Crippen molar-refractivity contribution >= 4 is 39.7 Å². The van der Waals surface area contributed by atoms with Crippen LogP contribution in [-0.4, -0.2) is 33.8 Å². The second kappa shape index (κ2) is 8.54. The summed E-state index contributed by atoms with van der Waals surface area (Å²) >= 11 is 6.76. The molecular formula is C18H17ClF3N5O2S. The van der Waals surface area contributed by atoms with Crippen LogP contribution in [0.2, 0.25) is 5.02 Å². The summed E-state index contributed by atoms with van der Waals surface area (Å²) in [6, 6.07) is 5.17. The van der Waals surface area contributed by atoms with E-state index >= 15 is 0 Å². The van der Waals surface area contributed by atoms with Gasteiger partial charge in [0.25, 0.3) is 5.91 Å². The second-order valence-electron chi connectivity index (χ2n) is 6.24. The number of thiazole rings is 1. The number of aromatic nitrogens is 2. The number of primary amides is 1. The molecule has 2 aromatic heterocycles. The number of aliphatic hydroxyl groups is 1. The predicted octanol–water partition coefficient (Wildman–Crippen LogP) is 3.85. The van der Waals surface area contributed by atoms with Crippen LogP contribution in [0.5, 0.6) is 0 Å². The number of alkyl halides is 3. The topological polar surface area (TPSA) is 105 Å². The van der Waals surface area contributed by atoms with Gasteiger partial charge in [0.1, 0.15) is 11.9 Å². The van der Waals surface area contributed by atoms with E-state index in [1.165, 1.54) is 10.6 Å². The monoisotopic (exact) mass is 459 g/mol. The molecule has 0 aliphatic rings. The number of halogens is 4. The van der Waals surface area contributed by atoms with Crippen LogP contribution < -0.4 is 16.4 Å². The van der Waals surface area contributed by atoms with Gasteiger partial charge in [0, 0.05) is 24.2 Å². The fourth-order valence-electron chi connectivity index (χ4n) is 2.85. The lowest BCUT2D eigenvalue weighted by atomic mass is 10.1. The van der Waals surface area contributed by atoms with Gasteiger partial charge in [-0.15, -0.1) is 11.3 Å². The third kappa shape index (κ3) is 4.69. The van der Waals surface area contributed by atoms with Crippen molar-refractivity contribution in [2.24, 2.45) is 5.73 Å². The predicted molar refractivity (Wildman–Crippen MR) is 110 cm³/mol. The maximum atomic E-state index is 13.1. The molecule has 1 aromatic carbocycles. The number of aliphatic hydroxyl groups excluding tert-OH is 1. The Bertz CT molecular complexity index is 1070. The van der Waals surface area contributed by atoms with E-state index in [9.17, 15) is 23.1 Å². The standard InChI is InChI=1S/C18H17ClF3N5O2S/c1-24-12-4-5-27(15(12)16(23)29)7-14(28)26-17-25-13(8-30-17)9-2-3-11(19)10(6-9)18(20,21)22/h2-6,8,14,24,28H,7H2,1H3,(H2,23,29)(H,25,26). The van der Waals surface area contributed by atoms with Gasteiger partial charge in [-0.3, -0.25) is 4.79 Å². The first kappa shape index (κ1) is 21.9. The summed E-state index contributed by atoms with van der Waals surface area (Å²) in [6.07, 6.45) is -4.12. The number of carbonyl (C=O) groups excluding carboxylic acids is 1. The highest BCUT2D eigenvalue weighted by atomic mass is 35.5. The van der Waals surface area contributed by atoms with Crippen LogP contribution in [0.15, 0.2) is 35.8 Å². The smallest absolute Gasteiger partial charge is 0.386 e. The molecule has 0 radical (unpaired) electrons. The Morgan fingerprint density at radius 3 is 2.77 bits per heavy atom. The number of hydrogen-bond donors (Lipinski definition) is 4. The maximum Gasteiger partial charge on any atom is 0.417 e. The quantitative estimate of drug-likeness (QED) is 0.402. The van der Waals surface area contributed by atoms with Crippen LogP contribution in [0.3, 0.4) is 0 Å². The summed E-state index contributed by atoms with van der Waals surface area (Å²) in [5, 5.41) is 17.4. The van der Waals surface area contributed by atoms with E-state index in [4.69, 9.17) is 17.3 Å². The van der Waals surface area contributed by atoms with Crippen LogP contribution in [0, 0.1) is 0 Å². The van der Waals surface area contributed by atoms with Crippen LogP contribution in [0.1, 0.15) is 16.1 Å². The lowest BCUT2D eigenvalue weighted by molar-refractivity contribution is -0.137. The van der Waals surface area contributed by atoms with E-state index in [-0.39, 0.29) is 17.8 Å². The van der Waals surface area contributed by atoms with Gasteiger partial charge in [0.2, 0.25) is 0 Å². The fraction of sp³-hybridized carbons (Fsp3) is 0.222. The molecule has 5 N–H and O–H groups in total. The molecule has 3 aromatic rings. The number of nitrogens with two attached hydrogens (primary N) is 1. The SMILES string of the molecule is CNc1ccn(CC(O)Nc2nc(-c3ccc(Cl)c(C(F)(F)F)c3)cs2)c1C(N)=O. The number of nitrogens with zero attached hydrogens (tertiary/aromatic N) is 2. The lowest BCUT2D eigenvalue weighted by Gasteiger charge is -2.15. The number of nitrogens with one attached hydrogen (secondary N) is 2. The maximum absolute atomic E-state index is 13.1. The summed E-state index contributed by atoms with van der Waals surface area (Å²) < 4.78 is 40.7. The van der Waals surface area contributed by atoms with Crippen molar-refractivity contribution in [1.29, 1.82) is 0 Å². The largest absolute Gasteiger partial charge is 0.417 e. The van der Waals surface area contributed by atoms with Gasteiger partial charge in [-0.1, -0.05) is 17.7 Å². The number of benzene rings is 1. The first-order valence-corrected chi connectivity index (χ1v) is 9.80. The Labute approximate surface area is 178 Å². The number of anilines is 2. The lowest BCUT2D eigenvalue weighted by Crippen LogP contribution is -2.27. The van der Waals surface area contributed by atoms with Crippen LogP contribution in [0.4, 0.5) is 24.0 Å². The molecule has 7 nitrogen and oxygen atoms in total. The first-order valence-electron chi connectivity index (χ1n) is 8.54. The first-order chi connectivity index (χ1) is 14.1. The van der Waals surface area contributed by atoms with E-state index in [1.807, 2.05) is 0 Å². The summed E-state index contributed by atoms with van der Waals surface area (Å²) in [6.45, 7) is -0.00592. The molecule has 0 saturated heterocycles. The summed E-state index contributed by atoms with van der Waals surface area (Å²) in [7, 11) is 1.64. The molecular weight excluding hydrogens is 443 g/mol. The Morgan fingerprint density at radius 2 is 2.13 bits per heavy atom. The van der Waals surface area contributed by atoms with Crippen molar-refractivity contribution < 1.29 is 23.1 Å². The van der Waals surface area contributed by atoms with Gasteiger partial charge in [-0.05, 0) is 18.2 Å². The zero-order valence-electron chi connectivity index (χ0n) is 15.5. The van der Waals surface area contributed by atoms with E-state index in [1.54, 1.807) is 24.7 Å². The molecule has 2 heterocycles. The minimum absolute atomic E-state index is 0.00592. The third-order valence-corrected chi connectivity index (χ3v) is 5.30. The third-order valence-electron chi connectivity index (χ3n) is 4.20. The summed E-state index contributed by atoms with van der Waals surface area (Å²) in [5.74, 6) is -0.656. The molecule has 3 rings (SSSR count). The van der Waals surface area contributed by atoms with Gasteiger partial charge in [0.05, 0.1) is 28.5 Å². The van der Waals surface area contributed by atoms with Crippen LogP contribution >= 0.6 is 22.9 Å². The van der Waals surface area contributed by atoms with Crippen LogP contribution in [0.25, 0.3) is 11.3 Å². The highest BCUT2D eigenvalue weighted by Gasteiger charge is 2.33. The second-order valence-corrected chi connectivity index (χ2v) is 7.50. The molecule has 0 bridgehead atoms. The molecule has 0 saturated carbocycles. The molecule has 160 valence electrons. The number of hydrogen-bond acceptors (Lipinski definition) is 6. The molecule has 0 fully saturated rings. The molecule has 1 amide bonds. The summed E-state index contributed by atoms with van der Waals surface area (Å²) in [4.78, 5) is 15.9. The van der Waals surface area contributed by atoms with Crippen molar-refractivity contribution in [3.63, 3.8) is 0 Å². The van der Waals surface area contributed by atoms with E-state index in [0.717, 1.165) is 23.5 Å². The Hall–Kier alpha value is -2.76. The molecule has 12 heteroatoms. The average molecular weight is 460 g/mol. The van der Waals surface area contributed by atoms with Crippen molar-refractivity contribution in [3.05, 3.63) is 52.1 Å². The Morgan fingerprint density at radius 1 is 1.40 bits per heavy atom. The minimum atomic E-state index is -4.58. The van der Waals surface area contributed by atoms with Gasteiger partial charge in [-0.2, -0.15) is 13.2 Å². The van der Waals surface area contributed by atoms with Gasteiger partial charge < -0.3 is 26.0 Å². The minimum Gasteiger partial charge on any atom is -0.386 e. The highest BCUT2D eigenvalue weighted by molar-refractivity contribution is 7.14. The van der Waals surface area contributed by atoms with Crippen molar-refractivity contribution in [3.8, 4) is 11.3 Å². The molecule has 30 heavy (non-hydrogen) atoms. The fourth-order valence-corrected chi connectivity index (χ4v) is 3.84. The average Bonchev–Trinajstić information content (AvgIpc) is 3.28. The van der Waals surface area contributed by atoms with E-state index in [2.05, 4.69) is 15.6 Å². The van der Waals surface area contributed by atoms with Crippen molar-refractivity contribution in [2.45, 2.75) is 18.9 Å². The Kier molecular flexibility index (Phi) is 6.25. The Balaban J connectivity index is 1.75. The van der Waals surface area contributed by atoms with Crippen molar-refractivity contribution in [2.75, 3.05) is 17.7 Å². The molecule has 0 spiro atoms. The zero-order valence-corrected chi connectivity index (χ0v) is 17.1. The van der Waals surface area contributed by atoms with Crippen molar-refractivity contribution in [1.82, 2.24) is 9.55 Å². The van der Waals surface area contributed by atoms with Gasteiger partial charge >= 0.3 is 6.18 Å². The van der Waals surface area contributed by atoms with E-state index in [0.29, 0.717) is 16.5 Å². The molecule has 0 aliphatic heterocycles. The highest BCUT2D eigenvalue weighted by Crippen LogP contribution is 2.37. The number of carbonyl (C=O) groups is 1.